The van der Waals surface area contributed by atoms with Crippen LogP contribution in [0.2, 0.25) is 0 Å². The summed E-state index contributed by atoms with van der Waals surface area (Å²) in [7, 11) is 0. The van der Waals surface area contributed by atoms with E-state index in [1.165, 1.54) is 64.7 Å². The highest BCUT2D eigenvalue weighted by Crippen LogP contribution is 2.50. The van der Waals surface area contributed by atoms with Gasteiger partial charge in [0.1, 0.15) is 0 Å². The summed E-state index contributed by atoms with van der Waals surface area (Å²) in [5.74, 6) is 0.692. The normalized spacial score (nSPS) is 12.7. The standard InChI is InChI=1S/C61H42N2S/c1-61(2)54-23-13-11-20-49(54)52-37-44(29-31-55(52)61)48-19-9-10-21-50(48)57-38-56(62-60(63-57)42-17-7-4-8-18-42)47-34-45(41-27-25-40(26-28-41)39-15-5-3-6-16-39)33-46(35-47)43-30-32-59-53(36-43)51-22-12-14-24-58(51)64-59/h3-38H,1-2H3. The molecule has 0 radical (unpaired) electrons. The van der Waals surface area contributed by atoms with Gasteiger partial charge in [-0.3, -0.25) is 0 Å². The van der Waals surface area contributed by atoms with E-state index >= 15 is 0 Å². The molecule has 3 heteroatoms. The quantitative estimate of drug-likeness (QED) is 0.160. The van der Waals surface area contributed by atoms with Gasteiger partial charge >= 0.3 is 0 Å². The van der Waals surface area contributed by atoms with Gasteiger partial charge in [0.25, 0.3) is 0 Å². The summed E-state index contributed by atoms with van der Waals surface area (Å²) >= 11 is 1.85. The molecule has 0 saturated heterocycles. The van der Waals surface area contributed by atoms with Gasteiger partial charge in [-0.15, -0.1) is 11.3 Å². The summed E-state index contributed by atoms with van der Waals surface area (Å²) in [4.78, 5) is 10.8. The molecule has 0 unspecified atom stereocenters. The molecule has 0 atom stereocenters. The molecule has 2 heterocycles. The first-order chi connectivity index (χ1) is 31.4. The summed E-state index contributed by atoms with van der Waals surface area (Å²) < 4.78 is 2.60. The molecular weight excluding hydrogens is 793 g/mol. The summed E-state index contributed by atoms with van der Waals surface area (Å²) in [6.07, 6.45) is 0. The molecule has 0 fully saturated rings. The Morgan fingerprint density at radius 3 is 1.62 bits per heavy atom. The molecule has 0 aliphatic heterocycles. The summed E-state index contributed by atoms with van der Waals surface area (Å²) in [5.41, 5.74) is 19.4. The molecule has 0 N–H and O–H groups in total. The van der Waals surface area contributed by atoms with Crippen molar-refractivity contribution >= 4 is 31.5 Å². The van der Waals surface area contributed by atoms with Crippen LogP contribution in [-0.4, -0.2) is 9.97 Å². The second-order valence-electron chi connectivity index (χ2n) is 17.4. The van der Waals surface area contributed by atoms with E-state index in [2.05, 4.69) is 226 Å². The average molecular weight is 835 g/mol. The maximum Gasteiger partial charge on any atom is 0.160 e. The van der Waals surface area contributed by atoms with E-state index in [0.29, 0.717) is 5.82 Å². The van der Waals surface area contributed by atoms with Crippen LogP contribution in [0.1, 0.15) is 25.0 Å². The Morgan fingerprint density at radius 2 is 0.844 bits per heavy atom. The van der Waals surface area contributed by atoms with E-state index < -0.39 is 0 Å². The van der Waals surface area contributed by atoms with Crippen LogP contribution in [0.5, 0.6) is 0 Å². The maximum atomic E-state index is 5.39. The lowest BCUT2D eigenvalue weighted by molar-refractivity contribution is 0.660. The lowest BCUT2D eigenvalue weighted by Gasteiger charge is -2.21. The molecule has 0 spiro atoms. The summed E-state index contributed by atoms with van der Waals surface area (Å²) in [6.45, 7) is 4.67. The third kappa shape index (κ3) is 6.56. The highest BCUT2D eigenvalue weighted by molar-refractivity contribution is 7.25. The third-order valence-electron chi connectivity index (χ3n) is 13.1. The molecule has 0 saturated carbocycles. The van der Waals surface area contributed by atoms with Crippen molar-refractivity contribution in [2.45, 2.75) is 19.3 Å². The Balaban J connectivity index is 1.04. The van der Waals surface area contributed by atoms with Crippen LogP contribution in [0.4, 0.5) is 0 Å². The second kappa shape index (κ2) is 15.3. The van der Waals surface area contributed by atoms with Crippen LogP contribution in [0, 0.1) is 0 Å². The molecule has 64 heavy (non-hydrogen) atoms. The fourth-order valence-electron chi connectivity index (χ4n) is 9.80. The van der Waals surface area contributed by atoms with E-state index in [1.807, 2.05) is 17.4 Å². The number of fused-ring (bicyclic) bond motifs is 6. The molecule has 11 aromatic rings. The minimum absolute atomic E-state index is 0.0588. The first kappa shape index (κ1) is 38.0. The summed E-state index contributed by atoms with van der Waals surface area (Å²) in [5, 5.41) is 2.57. The van der Waals surface area contributed by atoms with Crippen molar-refractivity contribution < 1.29 is 0 Å². The average Bonchev–Trinajstić information content (AvgIpc) is 3.85. The number of thiophene rings is 1. The zero-order chi connectivity index (χ0) is 42.8. The number of aromatic nitrogens is 2. The van der Waals surface area contributed by atoms with Crippen LogP contribution in [0.3, 0.4) is 0 Å². The first-order valence-electron chi connectivity index (χ1n) is 22.0. The van der Waals surface area contributed by atoms with E-state index in [-0.39, 0.29) is 5.41 Å². The smallest absolute Gasteiger partial charge is 0.160 e. The highest BCUT2D eigenvalue weighted by atomic mass is 32.1. The van der Waals surface area contributed by atoms with Crippen LogP contribution in [0.15, 0.2) is 218 Å². The Labute approximate surface area is 377 Å². The van der Waals surface area contributed by atoms with Gasteiger partial charge in [0.2, 0.25) is 0 Å². The molecule has 0 bridgehead atoms. The predicted octanol–water partition coefficient (Wildman–Crippen LogP) is 16.8. The van der Waals surface area contributed by atoms with Gasteiger partial charge in [0.15, 0.2) is 5.82 Å². The number of rotatable bonds is 7. The van der Waals surface area contributed by atoms with Gasteiger partial charge in [0.05, 0.1) is 11.4 Å². The molecule has 12 rings (SSSR count). The van der Waals surface area contributed by atoms with Crippen molar-refractivity contribution in [1.82, 2.24) is 9.97 Å². The minimum atomic E-state index is -0.0588. The minimum Gasteiger partial charge on any atom is -0.228 e. The number of nitrogens with zero attached hydrogens (tertiary/aromatic N) is 2. The zero-order valence-electron chi connectivity index (χ0n) is 35.6. The lowest BCUT2D eigenvalue weighted by Crippen LogP contribution is -2.14. The van der Waals surface area contributed by atoms with Crippen molar-refractivity contribution in [3.63, 3.8) is 0 Å². The second-order valence-corrected chi connectivity index (χ2v) is 18.4. The molecule has 1 aliphatic rings. The van der Waals surface area contributed by atoms with E-state index in [0.717, 1.165) is 50.3 Å². The van der Waals surface area contributed by atoms with Gasteiger partial charge in [-0.05, 0) is 115 Å². The van der Waals surface area contributed by atoms with Crippen molar-refractivity contribution in [3.05, 3.63) is 230 Å². The Morgan fingerprint density at radius 1 is 0.312 bits per heavy atom. The first-order valence-corrected chi connectivity index (χ1v) is 22.8. The Kier molecular flexibility index (Phi) is 9.06. The summed E-state index contributed by atoms with van der Waals surface area (Å²) in [6, 6.07) is 79.2. The lowest BCUT2D eigenvalue weighted by atomic mass is 9.82. The van der Waals surface area contributed by atoms with E-state index in [1.54, 1.807) is 0 Å². The van der Waals surface area contributed by atoms with E-state index in [4.69, 9.17) is 9.97 Å². The van der Waals surface area contributed by atoms with Gasteiger partial charge in [-0.25, -0.2) is 9.97 Å². The molecule has 2 nitrogen and oxygen atoms in total. The molecule has 9 aromatic carbocycles. The largest absolute Gasteiger partial charge is 0.228 e. The third-order valence-corrected chi connectivity index (χ3v) is 14.3. The molecule has 302 valence electrons. The van der Waals surface area contributed by atoms with Crippen LogP contribution in [-0.2, 0) is 5.41 Å². The van der Waals surface area contributed by atoms with Gasteiger partial charge < -0.3 is 0 Å². The van der Waals surface area contributed by atoms with Crippen molar-refractivity contribution in [3.8, 4) is 89.5 Å². The maximum absolute atomic E-state index is 5.39. The van der Waals surface area contributed by atoms with Crippen molar-refractivity contribution in [1.29, 1.82) is 0 Å². The van der Waals surface area contributed by atoms with Crippen LogP contribution < -0.4 is 0 Å². The topological polar surface area (TPSA) is 25.8 Å². The fraction of sp³-hybridized carbons (Fsp3) is 0.0492. The SMILES string of the molecule is CC1(C)c2ccccc2-c2cc(-c3ccccc3-c3cc(-c4cc(-c5ccc(-c6ccccc6)cc5)cc(-c5ccc6sc7ccccc7c6c5)c4)nc(-c4ccccc4)n3)ccc21. The molecule has 1 aliphatic carbocycles. The van der Waals surface area contributed by atoms with Crippen LogP contribution >= 0.6 is 11.3 Å². The molecule has 2 aromatic heterocycles. The molecule has 0 amide bonds. The number of benzene rings is 9. The Hall–Kier alpha value is -7.72. The van der Waals surface area contributed by atoms with E-state index in [9.17, 15) is 0 Å². The molecular formula is C61H42N2S. The highest BCUT2D eigenvalue weighted by Gasteiger charge is 2.35. The van der Waals surface area contributed by atoms with Crippen LogP contribution in [0.25, 0.3) is 110 Å². The number of hydrogen-bond donors (Lipinski definition) is 0. The zero-order valence-corrected chi connectivity index (χ0v) is 36.4. The fourth-order valence-corrected chi connectivity index (χ4v) is 10.9. The van der Waals surface area contributed by atoms with Crippen molar-refractivity contribution in [2.75, 3.05) is 0 Å². The van der Waals surface area contributed by atoms with Crippen molar-refractivity contribution in [2.24, 2.45) is 0 Å². The Bertz CT molecular complexity index is 3560. The van der Waals surface area contributed by atoms with Gasteiger partial charge in [-0.1, -0.05) is 184 Å². The number of hydrogen-bond acceptors (Lipinski definition) is 3. The van der Waals surface area contributed by atoms with Gasteiger partial charge in [-0.2, -0.15) is 0 Å². The van der Waals surface area contributed by atoms with Gasteiger partial charge in [0, 0.05) is 42.3 Å². The predicted molar refractivity (Wildman–Crippen MR) is 271 cm³/mol. The monoisotopic (exact) mass is 834 g/mol.